The van der Waals surface area contributed by atoms with Crippen LogP contribution in [0.15, 0.2) is 35.6 Å². The molecular weight excluding hydrogens is 377 g/mol. The van der Waals surface area contributed by atoms with Gasteiger partial charge in [0.05, 0.1) is 12.2 Å². The Morgan fingerprint density at radius 2 is 2.14 bits per heavy atom. The monoisotopic (exact) mass is 399 g/mol. The van der Waals surface area contributed by atoms with Gasteiger partial charge >= 0.3 is 0 Å². The highest BCUT2D eigenvalue weighted by atomic mass is 127. The molecule has 0 saturated carbocycles. The van der Waals surface area contributed by atoms with E-state index in [4.69, 9.17) is 5.73 Å². The van der Waals surface area contributed by atoms with Crippen LogP contribution in [0, 0.1) is 5.92 Å². The van der Waals surface area contributed by atoms with Gasteiger partial charge in [-0.05, 0) is 30.9 Å². The standard InChI is InChI=1S/C15H21N5.HI/c1-12-5-8-19(9-6-12)15(16)17-10-13-11-20-7-3-2-4-14(20)18-13;/h2-4,7,11-12H,5-6,8-10H2,1H3,(H2,16,17);1H. The van der Waals surface area contributed by atoms with Gasteiger partial charge in [0.1, 0.15) is 5.65 Å². The number of rotatable bonds is 2. The van der Waals surface area contributed by atoms with Crippen molar-refractivity contribution in [2.75, 3.05) is 13.1 Å². The van der Waals surface area contributed by atoms with Crippen molar-refractivity contribution in [3.8, 4) is 0 Å². The van der Waals surface area contributed by atoms with Crippen molar-refractivity contribution in [2.24, 2.45) is 16.6 Å². The molecule has 21 heavy (non-hydrogen) atoms. The lowest BCUT2D eigenvalue weighted by Crippen LogP contribution is -2.42. The zero-order valence-electron chi connectivity index (χ0n) is 12.3. The van der Waals surface area contributed by atoms with Crippen LogP contribution in [0.25, 0.3) is 5.65 Å². The average Bonchev–Trinajstić information content (AvgIpc) is 2.88. The van der Waals surface area contributed by atoms with Crippen molar-refractivity contribution >= 4 is 35.6 Å². The van der Waals surface area contributed by atoms with Gasteiger partial charge in [0, 0.05) is 25.5 Å². The second-order valence-corrected chi connectivity index (χ2v) is 5.54. The lowest BCUT2D eigenvalue weighted by atomic mass is 10.00. The van der Waals surface area contributed by atoms with Crippen molar-refractivity contribution in [3.05, 3.63) is 36.3 Å². The van der Waals surface area contributed by atoms with Gasteiger partial charge in [-0.25, -0.2) is 9.98 Å². The zero-order valence-corrected chi connectivity index (χ0v) is 14.6. The maximum atomic E-state index is 6.08. The van der Waals surface area contributed by atoms with Crippen LogP contribution < -0.4 is 5.73 Å². The van der Waals surface area contributed by atoms with Crippen LogP contribution in [0.2, 0.25) is 0 Å². The molecule has 0 atom stereocenters. The van der Waals surface area contributed by atoms with Gasteiger partial charge < -0.3 is 15.0 Å². The van der Waals surface area contributed by atoms with Gasteiger partial charge in [-0.15, -0.1) is 24.0 Å². The van der Waals surface area contributed by atoms with E-state index in [1.165, 1.54) is 12.8 Å². The van der Waals surface area contributed by atoms with E-state index in [1.54, 1.807) is 0 Å². The molecule has 0 aromatic carbocycles. The molecule has 1 aliphatic rings. The number of pyridine rings is 1. The molecule has 3 rings (SSSR count). The third kappa shape index (κ3) is 3.87. The fourth-order valence-electron chi connectivity index (χ4n) is 2.56. The highest BCUT2D eigenvalue weighted by Crippen LogP contribution is 2.15. The number of likely N-dealkylation sites (tertiary alicyclic amines) is 1. The van der Waals surface area contributed by atoms with Crippen LogP contribution in [0.5, 0.6) is 0 Å². The third-order valence-corrected chi connectivity index (χ3v) is 3.92. The summed E-state index contributed by atoms with van der Waals surface area (Å²) in [5, 5.41) is 0. The predicted octanol–water partition coefficient (Wildman–Crippen LogP) is 2.50. The molecule has 3 heterocycles. The van der Waals surface area contributed by atoms with E-state index in [2.05, 4.69) is 21.8 Å². The number of imidazole rings is 1. The minimum atomic E-state index is 0. The van der Waals surface area contributed by atoms with Crippen molar-refractivity contribution in [1.29, 1.82) is 0 Å². The first-order chi connectivity index (χ1) is 9.72. The van der Waals surface area contributed by atoms with E-state index in [0.29, 0.717) is 12.5 Å². The Bertz CT molecular complexity index is 580. The number of halogens is 1. The Morgan fingerprint density at radius 1 is 1.38 bits per heavy atom. The molecule has 2 aromatic heterocycles. The largest absolute Gasteiger partial charge is 0.370 e. The van der Waals surface area contributed by atoms with Gasteiger partial charge in [0.25, 0.3) is 0 Å². The summed E-state index contributed by atoms with van der Waals surface area (Å²) in [6.45, 7) is 4.87. The summed E-state index contributed by atoms with van der Waals surface area (Å²) in [6.07, 6.45) is 6.39. The van der Waals surface area contributed by atoms with Gasteiger partial charge in [-0.2, -0.15) is 0 Å². The number of hydrogen-bond acceptors (Lipinski definition) is 2. The number of nitrogens with zero attached hydrogens (tertiary/aromatic N) is 4. The summed E-state index contributed by atoms with van der Waals surface area (Å²) in [4.78, 5) is 11.2. The molecule has 6 heteroatoms. The molecule has 2 N–H and O–H groups in total. The minimum absolute atomic E-state index is 0. The van der Waals surface area contributed by atoms with Crippen LogP contribution in [0.4, 0.5) is 0 Å². The Hall–Kier alpha value is -1.31. The molecule has 0 radical (unpaired) electrons. The molecule has 0 spiro atoms. The van der Waals surface area contributed by atoms with E-state index in [9.17, 15) is 0 Å². The van der Waals surface area contributed by atoms with Crippen LogP contribution >= 0.6 is 24.0 Å². The summed E-state index contributed by atoms with van der Waals surface area (Å²) in [5.74, 6) is 1.45. The van der Waals surface area contributed by atoms with E-state index < -0.39 is 0 Å². The molecule has 1 saturated heterocycles. The Kier molecular flexibility index (Phi) is 5.44. The van der Waals surface area contributed by atoms with E-state index in [0.717, 1.165) is 30.3 Å². The quantitative estimate of drug-likeness (QED) is 0.480. The fraction of sp³-hybridized carbons (Fsp3) is 0.467. The fourth-order valence-corrected chi connectivity index (χ4v) is 2.56. The van der Waals surface area contributed by atoms with Crippen molar-refractivity contribution in [3.63, 3.8) is 0 Å². The topological polar surface area (TPSA) is 58.9 Å². The average molecular weight is 399 g/mol. The second kappa shape index (κ2) is 7.11. The number of piperidine rings is 1. The molecule has 114 valence electrons. The summed E-state index contributed by atoms with van der Waals surface area (Å²) >= 11 is 0. The van der Waals surface area contributed by atoms with Crippen molar-refractivity contribution < 1.29 is 0 Å². The highest BCUT2D eigenvalue weighted by Gasteiger charge is 2.16. The molecule has 0 bridgehead atoms. The number of fused-ring (bicyclic) bond motifs is 1. The first kappa shape index (κ1) is 16.1. The molecule has 5 nitrogen and oxygen atoms in total. The summed E-state index contributed by atoms with van der Waals surface area (Å²) in [5.41, 5.74) is 7.97. The maximum Gasteiger partial charge on any atom is 0.191 e. The molecule has 1 aliphatic heterocycles. The van der Waals surface area contributed by atoms with Gasteiger partial charge in [0.15, 0.2) is 5.96 Å². The third-order valence-electron chi connectivity index (χ3n) is 3.92. The van der Waals surface area contributed by atoms with Gasteiger partial charge in [0.2, 0.25) is 0 Å². The SMILES string of the molecule is CC1CCN(C(N)=NCc2cn3ccccc3n2)CC1.I. The van der Waals surface area contributed by atoms with Crippen LogP contribution in [0.1, 0.15) is 25.5 Å². The minimum Gasteiger partial charge on any atom is -0.370 e. The number of aromatic nitrogens is 2. The number of nitrogens with two attached hydrogens (primary N) is 1. The maximum absolute atomic E-state index is 6.08. The van der Waals surface area contributed by atoms with Crippen LogP contribution in [-0.2, 0) is 6.54 Å². The summed E-state index contributed by atoms with van der Waals surface area (Å²) < 4.78 is 2.00. The zero-order chi connectivity index (χ0) is 13.9. The predicted molar refractivity (Wildman–Crippen MR) is 95.9 cm³/mol. The van der Waals surface area contributed by atoms with Crippen LogP contribution in [-0.4, -0.2) is 33.3 Å². The molecule has 1 fully saturated rings. The lowest BCUT2D eigenvalue weighted by Gasteiger charge is -2.30. The first-order valence-electron chi connectivity index (χ1n) is 7.20. The normalized spacial score (nSPS) is 17.0. The molecule has 2 aromatic rings. The number of aliphatic imine (C=N–C) groups is 1. The second-order valence-electron chi connectivity index (χ2n) is 5.54. The Labute approximate surface area is 142 Å². The van der Waals surface area contributed by atoms with Gasteiger partial charge in [-0.3, -0.25) is 0 Å². The van der Waals surface area contributed by atoms with Crippen LogP contribution in [0.3, 0.4) is 0 Å². The number of hydrogen-bond donors (Lipinski definition) is 1. The van der Waals surface area contributed by atoms with Crippen molar-refractivity contribution in [1.82, 2.24) is 14.3 Å². The Balaban J connectivity index is 0.00000161. The summed E-state index contributed by atoms with van der Waals surface area (Å²) in [6, 6.07) is 5.96. The van der Waals surface area contributed by atoms with E-state index >= 15 is 0 Å². The summed E-state index contributed by atoms with van der Waals surface area (Å²) in [7, 11) is 0. The molecule has 0 amide bonds. The molecular formula is C15H22IN5. The van der Waals surface area contributed by atoms with Gasteiger partial charge in [-0.1, -0.05) is 13.0 Å². The molecule has 0 aliphatic carbocycles. The first-order valence-corrected chi connectivity index (χ1v) is 7.20. The van der Waals surface area contributed by atoms with Crippen molar-refractivity contribution in [2.45, 2.75) is 26.3 Å². The molecule has 0 unspecified atom stereocenters. The lowest BCUT2D eigenvalue weighted by molar-refractivity contribution is 0.277. The number of guanidine groups is 1. The van der Waals surface area contributed by atoms with E-state index in [1.807, 2.05) is 35.0 Å². The van der Waals surface area contributed by atoms with E-state index in [-0.39, 0.29) is 24.0 Å². The smallest absolute Gasteiger partial charge is 0.191 e. The highest BCUT2D eigenvalue weighted by molar-refractivity contribution is 14.0. The Morgan fingerprint density at radius 3 is 2.86 bits per heavy atom.